The first kappa shape index (κ1) is 12.2. The standard InChI is InChI=1S/C12H12FNO2/c1-2-16-12(15)6-4-10-7-9(8-14)3-5-11(10)13/h3,5,7H,2,8,14H2,1H3. The van der Waals surface area contributed by atoms with Gasteiger partial charge in [0.1, 0.15) is 5.82 Å². The minimum Gasteiger partial charge on any atom is -0.456 e. The highest BCUT2D eigenvalue weighted by atomic mass is 19.1. The summed E-state index contributed by atoms with van der Waals surface area (Å²) < 4.78 is 17.8. The van der Waals surface area contributed by atoms with Gasteiger partial charge in [-0.05, 0) is 24.6 Å². The van der Waals surface area contributed by atoms with E-state index in [1.807, 2.05) is 0 Å². The Morgan fingerprint density at radius 2 is 2.31 bits per heavy atom. The van der Waals surface area contributed by atoms with E-state index in [9.17, 15) is 9.18 Å². The van der Waals surface area contributed by atoms with Crippen LogP contribution in [0.3, 0.4) is 0 Å². The molecule has 0 unspecified atom stereocenters. The number of ether oxygens (including phenoxy) is 1. The lowest BCUT2D eigenvalue weighted by atomic mass is 10.1. The van der Waals surface area contributed by atoms with Crippen LogP contribution in [-0.4, -0.2) is 12.6 Å². The predicted octanol–water partition coefficient (Wildman–Crippen LogP) is 1.20. The van der Waals surface area contributed by atoms with Crippen molar-refractivity contribution in [3.05, 3.63) is 35.1 Å². The van der Waals surface area contributed by atoms with Gasteiger partial charge in [0, 0.05) is 12.5 Å². The van der Waals surface area contributed by atoms with Crippen molar-refractivity contribution in [2.24, 2.45) is 5.73 Å². The van der Waals surface area contributed by atoms with E-state index in [-0.39, 0.29) is 12.2 Å². The van der Waals surface area contributed by atoms with Crippen LogP contribution >= 0.6 is 0 Å². The van der Waals surface area contributed by atoms with Crippen LogP contribution in [0.2, 0.25) is 0 Å². The van der Waals surface area contributed by atoms with E-state index >= 15 is 0 Å². The van der Waals surface area contributed by atoms with E-state index in [2.05, 4.69) is 16.6 Å². The molecule has 0 bridgehead atoms. The zero-order chi connectivity index (χ0) is 12.0. The molecular weight excluding hydrogens is 209 g/mol. The number of benzene rings is 1. The molecule has 2 N–H and O–H groups in total. The fourth-order valence-electron chi connectivity index (χ4n) is 1.08. The van der Waals surface area contributed by atoms with Crippen LogP contribution in [0.25, 0.3) is 0 Å². The molecule has 0 aromatic heterocycles. The molecule has 1 aromatic carbocycles. The maximum atomic E-state index is 13.2. The van der Waals surface area contributed by atoms with E-state index in [1.54, 1.807) is 13.0 Å². The quantitative estimate of drug-likeness (QED) is 0.603. The van der Waals surface area contributed by atoms with Gasteiger partial charge < -0.3 is 10.5 Å². The molecule has 3 nitrogen and oxygen atoms in total. The highest BCUT2D eigenvalue weighted by molar-refractivity contribution is 5.89. The Labute approximate surface area is 93.4 Å². The van der Waals surface area contributed by atoms with Gasteiger partial charge in [-0.2, -0.15) is 0 Å². The summed E-state index contributed by atoms with van der Waals surface area (Å²) in [6.45, 7) is 2.22. The summed E-state index contributed by atoms with van der Waals surface area (Å²) >= 11 is 0. The lowest BCUT2D eigenvalue weighted by Gasteiger charge is -1.98. The maximum Gasteiger partial charge on any atom is 0.384 e. The lowest BCUT2D eigenvalue weighted by Crippen LogP contribution is -2.00. The second-order valence-corrected chi connectivity index (χ2v) is 2.99. The van der Waals surface area contributed by atoms with E-state index in [4.69, 9.17) is 5.73 Å². The third kappa shape index (κ3) is 3.37. The van der Waals surface area contributed by atoms with Gasteiger partial charge in [-0.25, -0.2) is 9.18 Å². The van der Waals surface area contributed by atoms with Crippen molar-refractivity contribution in [3.8, 4) is 11.8 Å². The van der Waals surface area contributed by atoms with E-state index in [0.717, 1.165) is 5.56 Å². The molecule has 0 amide bonds. The Morgan fingerprint density at radius 1 is 1.56 bits per heavy atom. The van der Waals surface area contributed by atoms with Gasteiger partial charge in [0.25, 0.3) is 0 Å². The maximum absolute atomic E-state index is 13.2. The minimum absolute atomic E-state index is 0.149. The summed E-state index contributed by atoms with van der Waals surface area (Å²) in [4.78, 5) is 10.9. The van der Waals surface area contributed by atoms with Crippen molar-refractivity contribution >= 4 is 5.97 Å². The fourth-order valence-corrected chi connectivity index (χ4v) is 1.08. The predicted molar refractivity (Wildman–Crippen MR) is 57.8 cm³/mol. The average molecular weight is 221 g/mol. The number of rotatable bonds is 2. The van der Waals surface area contributed by atoms with Crippen LogP contribution in [0, 0.1) is 17.7 Å². The van der Waals surface area contributed by atoms with Crippen molar-refractivity contribution in [2.75, 3.05) is 6.61 Å². The number of hydrogen-bond donors (Lipinski definition) is 1. The molecule has 0 aliphatic carbocycles. The van der Waals surface area contributed by atoms with Crippen molar-refractivity contribution < 1.29 is 13.9 Å². The average Bonchev–Trinajstić information content (AvgIpc) is 2.28. The summed E-state index contributed by atoms with van der Waals surface area (Å²) in [5.74, 6) is 3.47. The van der Waals surface area contributed by atoms with Gasteiger partial charge in [0.15, 0.2) is 0 Å². The smallest absolute Gasteiger partial charge is 0.384 e. The number of carbonyl (C=O) groups excluding carboxylic acids is 1. The molecule has 84 valence electrons. The zero-order valence-electron chi connectivity index (χ0n) is 8.92. The largest absolute Gasteiger partial charge is 0.456 e. The summed E-state index contributed by atoms with van der Waals surface area (Å²) in [6, 6.07) is 4.36. The monoisotopic (exact) mass is 221 g/mol. The first-order valence-electron chi connectivity index (χ1n) is 4.84. The second-order valence-electron chi connectivity index (χ2n) is 2.99. The van der Waals surface area contributed by atoms with E-state index in [1.165, 1.54) is 12.1 Å². The van der Waals surface area contributed by atoms with Crippen molar-refractivity contribution in [1.82, 2.24) is 0 Å². The van der Waals surface area contributed by atoms with E-state index in [0.29, 0.717) is 6.54 Å². The summed E-state index contributed by atoms with van der Waals surface area (Å²) in [7, 11) is 0. The van der Waals surface area contributed by atoms with Crippen LogP contribution in [0.1, 0.15) is 18.1 Å². The van der Waals surface area contributed by atoms with Gasteiger partial charge in [0.05, 0.1) is 12.2 Å². The third-order valence-electron chi connectivity index (χ3n) is 1.84. The third-order valence-corrected chi connectivity index (χ3v) is 1.84. The van der Waals surface area contributed by atoms with Crippen LogP contribution in [0.4, 0.5) is 4.39 Å². The summed E-state index contributed by atoms with van der Waals surface area (Å²) in [5, 5.41) is 0. The van der Waals surface area contributed by atoms with Crippen LogP contribution in [0.5, 0.6) is 0 Å². The molecule has 0 saturated carbocycles. The number of carbonyl (C=O) groups is 1. The molecule has 4 heteroatoms. The number of hydrogen-bond acceptors (Lipinski definition) is 3. The molecular formula is C12H12FNO2. The molecule has 16 heavy (non-hydrogen) atoms. The van der Waals surface area contributed by atoms with Crippen LogP contribution < -0.4 is 5.73 Å². The second kappa shape index (κ2) is 5.89. The highest BCUT2D eigenvalue weighted by Gasteiger charge is 2.01. The summed E-state index contributed by atoms with van der Waals surface area (Å²) in [6.07, 6.45) is 0. The molecule has 0 spiro atoms. The molecule has 0 aliphatic heterocycles. The highest BCUT2D eigenvalue weighted by Crippen LogP contribution is 2.08. The van der Waals surface area contributed by atoms with E-state index < -0.39 is 11.8 Å². The number of nitrogens with two attached hydrogens (primary N) is 1. The van der Waals surface area contributed by atoms with Gasteiger partial charge >= 0.3 is 5.97 Å². The first-order chi connectivity index (χ1) is 7.67. The first-order valence-corrected chi connectivity index (χ1v) is 4.84. The Bertz CT molecular complexity index is 446. The Balaban J connectivity index is 2.91. The van der Waals surface area contributed by atoms with Gasteiger partial charge in [0.2, 0.25) is 0 Å². The number of halogens is 1. The Morgan fingerprint density at radius 3 is 2.94 bits per heavy atom. The molecule has 0 fully saturated rings. The molecule has 0 heterocycles. The summed E-state index contributed by atoms with van der Waals surface area (Å²) in [5.41, 5.74) is 6.32. The van der Waals surface area contributed by atoms with Crippen molar-refractivity contribution in [2.45, 2.75) is 13.5 Å². The van der Waals surface area contributed by atoms with Crippen molar-refractivity contribution in [1.29, 1.82) is 0 Å². The molecule has 1 rings (SSSR count). The molecule has 0 atom stereocenters. The van der Waals surface area contributed by atoms with Gasteiger partial charge in [-0.15, -0.1) is 0 Å². The minimum atomic E-state index is -0.667. The Kier molecular flexibility index (Phi) is 4.49. The lowest BCUT2D eigenvalue weighted by molar-refractivity contribution is -0.136. The molecule has 0 saturated heterocycles. The van der Waals surface area contributed by atoms with Gasteiger partial charge in [-0.1, -0.05) is 12.0 Å². The zero-order valence-corrected chi connectivity index (χ0v) is 8.92. The van der Waals surface area contributed by atoms with Crippen LogP contribution in [0.15, 0.2) is 18.2 Å². The van der Waals surface area contributed by atoms with Crippen LogP contribution in [-0.2, 0) is 16.1 Å². The Hall–Kier alpha value is -1.86. The number of esters is 1. The van der Waals surface area contributed by atoms with Crippen molar-refractivity contribution in [3.63, 3.8) is 0 Å². The molecule has 0 aliphatic rings. The van der Waals surface area contributed by atoms with Gasteiger partial charge in [-0.3, -0.25) is 0 Å². The normalized spacial score (nSPS) is 9.19. The molecule has 0 radical (unpaired) electrons. The SMILES string of the molecule is CCOC(=O)C#Cc1cc(CN)ccc1F. The topological polar surface area (TPSA) is 52.3 Å². The fraction of sp³-hybridized carbons (Fsp3) is 0.250. The molecule has 1 aromatic rings.